The Morgan fingerprint density at radius 1 is 1.16 bits per heavy atom. The number of likely N-dealkylation sites (N-methyl/N-ethyl adjacent to an activating group) is 1. The van der Waals surface area contributed by atoms with Gasteiger partial charge in [0.15, 0.2) is 0 Å². The molecule has 1 fully saturated rings. The second-order valence-corrected chi connectivity index (χ2v) is 8.02. The largest absolute Gasteiger partial charge is 0.336 e. The summed E-state index contributed by atoms with van der Waals surface area (Å²) in [6.45, 7) is 7.51. The molecule has 1 amide bonds. The van der Waals surface area contributed by atoms with E-state index in [4.69, 9.17) is 0 Å². The fourth-order valence-electron chi connectivity index (χ4n) is 3.78. The Kier molecular flexibility index (Phi) is 6.61. The predicted octanol–water partition coefficient (Wildman–Crippen LogP) is 3.81. The van der Waals surface area contributed by atoms with Gasteiger partial charge in [0.25, 0.3) is 5.91 Å². The van der Waals surface area contributed by atoms with Crippen LogP contribution in [0.4, 0.5) is 11.6 Å². The van der Waals surface area contributed by atoms with Crippen LogP contribution < -0.4 is 5.32 Å². The topological polar surface area (TPSA) is 90.0 Å². The Morgan fingerprint density at radius 3 is 2.62 bits per heavy atom. The van der Waals surface area contributed by atoms with E-state index in [9.17, 15) is 4.79 Å². The van der Waals surface area contributed by atoms with Crippen LogP contribution in [0.3, 0.4) is 0 Å². The number of carbonyl (C=O) groups excluding carboxylic acids is 1. The molecule has 2 N–H and O–H groups in total. The van der Waals surface area contributed by atoms with E-state index >= 15 is 0 Å². The van der Waals surface area contributed by atoms with E-state index in [1.165, 1.54) is 0 Å². The number of hydrogen-bond acceptors (Lipinski definition) is 6. The Balaban J connectivity index is 1.47. The zero-order valence-electron chi connectivity index (χ0n) is 18.8. The molecular formula is C24H29N7O. The van der Waals surface area contributed by atoms with E-state index < -0.39 is 0 Å². The number of rotatable bonds is 6. The van der Waals surface area contributed by atoms with Gasteiger partial charge in [-0.2, -0.15) is 5.10 Å². The molecule has 166 valence electrons. The number of aromatic nitrogens is 4. The summed E-state index contributed by atoms with van der Waals surface area (Å²) in [6.07, 6.45) is 6.62. The summed E-state index contributed by atoms with van der Waals surface area (Å²) in [7, 11) is 2.08. The van der Waals surface area contributed by atoms with Crippen molar-refractivity contribution in [2.75, 3.05) is 38.5 Å². The van der Waals surface area contributed by atoms with Crippen molar-refractivity contribution in [3.8, 4) is 11.3 Å². The molecule has 0 atom stereocenters. The molecule has 0 unspecified atom stereocenters. The molecule has 0 spiro atoms. The summed E-state index contributed by atoms with van der Waals surface area (Å²) in [5, 5.41) is 10.5. The maximum Gasteiger partial charge on any atom is 0.253 e. The lowest BCUT2D eigenvalue weighted by Crippen LogP contribution is -2.47. The van der Waals surface area contributed by atoms with E-state index in [0.717, 1.165) is 60.8 Å². The highest BCUT2D eigenvalue weighted by Crippen LogP contribution is 2.26. The third kappa shape index (κ3) is 4.86. The molecule has 3 aromatic rings. The van der Waals surface area contributed by atoms with Crippen LogP contribution in [0.1, 0.15) is 36.3 Å². The first-order valence-corrected chi connectivity index (χ1v) is 10.9. The van der Waals surface area contributed by atoms with E-state index in [-0.39, 0.29) is 5.91 Å². The van der Waals surface area contributed by atoms with Gasteiger partial charge in [-0.25, -0.2) is 9.97 Å². The summed E-state index contributed by atoms with van der Waals surface area (Å²) in [5.74, 6) is 0.566. The van der Waals surface area contributed by atoms with Gasteiger partial charge in [-0.05, 0) is 56.3 Å². The molecule has 0 aliphatic carbocycles. The summed E-state index contributed by atoms with van der Waals surface area (Å²) in [4.78, 5) is 25.9. The van der Waals surface area contributed by atoms with E-state index in [1.807, 2.05) is 35.2 Å². The van der Waals surface area contributed by atoms with Gasteiger partial charge in [0, 0.05) is 49.2 Å². The normalized spacial score (nSPS) is 15.1. The van der Waals surface area contributed by atoms with Crippen molar-refractivity contribution in [1.29, 1.82) is 0 Å². The number of hydrogen-bond donors (Lipinski definition) is 2. The molecule has 0 saturated carbocycles. The Hall–Kier alpha value is -3.52. The number of anilines is 2. The molecule has 2 aromatic heterocycles. The van der Waals surface area contributed by atoms with Crippen molar-refractivity contribution >= 4 is 23.1 Å². The maximum atomic E-state index is 12.7. The van der Waals surface area contributed by atoms with Crippen molar-refractivity contribution in [2.24, 2.45) is 0 Å². The Morgan fingerprint density at radius 2 is 1.91 bits per heavy atom. The average Bonchev–Trinajstić information content (AvgIpc) is 3.30. The summed E-state index contributed by atoms with van der Waals surface area (Å²) < 4.78 is 0. The number of aromatic amines is 1. The summed E-state index contributed by atoms with van der Waals surface area (Å²) in [6, 6.07) is 9.34. The highest BCUT2D eigenvalue weighted by molar-refractivity contribution is 5.94. The summed E-state index contributed by atoms with van der Waals surface area (Å²) >= 11 is 0. The Bertz CT molecular complexity index is 1100. The van der Waals surface area contributed by atoms with Crippen molar-refractivity contribution in [1.82, 2.24) is 30.0 Å². The number of amides is 1. The van der Waals surface area contributed by atoms with Crippen LogP contribution in [-0.2, 0) is 0 Å². The number of allylic oxidation sites excluding steroid dienone is 2. The van der Waals surface area contributed by atoms with Gasteiger partial charge in [0.2, 0.25) is 5.95 Å². The lowest BCUT2D eigenvalue weighted by Gasteiger charge is -2.32. The number of H-pyrrole nitrogens is 1. The fraction of sp³-hybridized carbons (Fsp3) is 0.333. The molecule has 1 aliphatic rings. The van der Waals surface area contributed by atoms with Gasteiger partial charge < -0.3 is 15.1 Å². The van der Waals surface area contributed by atoms with Crippen LogP contribution in [0.5, 0.6) is 0 Å². The number of piperazine rings is 1. The molecule has 1 aliphatic heterocycles. The lowest BCUT2D eigenvalue weighted by molar-refractivity contribution is 0.0664. The first-order valence-electron chi connectivity index (χ1n) is 10.9. The maximum absolute atomic E-state index is 12.7. The fourth-order valence-corrected chi connectivity index (χ4v) is 3.78. The highest BCUT2D eigenvalue weighted by Gasteiger charge is 2.20. The van der Waals surface area contributed by atoms with E-state index in [0.29, 0.717) is 11.5 Å². The van der Waals surface area contributed by atoms with Crippen LogP contribution in [0.25, 0.3) is 16.8 Å². The van der Waals surface area contributed by atoms with E-state index in [2.05, 4.69) is 57.4 Å². The third-order valence-corrected chi connectivity index (χ3v) is 5.65. The first kappa shape index (κ1) is 21.7. The minimum absolute atomic E-state index is 0.0749. The monoisotopic (exact) mass is 431 g/mol. The zero-order chi connectivity index (χ0) is 22.5. The molecular weight excluding hydrogens is 402 g/mol. The van der Waals surface area contributed by atoms with Gasteiger partial charge in [0.05, 0.1) is 17.6 Å². The Labute approximate surface area is 188 Å². The standard InChI is InChI=1S/C24H29N7O/c1-4-5-17(2)22-20(16-26-29-22)21-10-11-25-24(28-21)27-19-8-6-18(7-9-19)23(32)31-14-12-30(3)13-15-31/h5-11,16H,4,12-15H2,1-3H3,(H,26,29)(H,25,27,28)/b17-5+. The smallest absolute Gasteiger partial charge is 0.253 e. The number of carbonyl (C=O) groups is 1. The van der Waals surface area contributed by atoms with Crippen LogP contribution in [0, 0.1) is 0 Å². The van der Waals surface area contributed by atoms with Gasteiger partial charge in [-0.15, -0.1) is 0 Å². The minimum Gasteiger partial charge on any atom is -0.336 e. The first-order chi connectivity index (χ1) is 15.5. The zero-order valence-corrected chi connectivity index (χ0v) is 18.8. The van der Waals surface area contributed by atoms with E-state index in [1.54, 1.807) is 12.4 Å². The second-order valence-electron chi connectivity index (χ2n) is 8.02. The van der Waals surface area contributed by atoms with Crippen LogP contribution >= 0.6 is 0 Å². The van der Waals surface area contributed by atoms with Crippen LogP contribution in [-0.4, -0.2) is 69.1 Å². The van der Waals surface area contributed by atoms with Gasteiger partial charge in [0.1, 0.15) is 0 Å². The molecule has 32 heavy (non-hydrogen) atoms. The van der Waals surface area contributed by atoms with Gasteiger partial charge in [-0.3, -0.25) is 9.89 Å². The van der Waals surface area contributed by atoms with Gasteiger partial charge >= 0.3 is 0 Å². The number of nitrogens with zero attached hydrogens (tertiary/aromatic N) is 5. The van der Waals surface area contributed by atoms with Crippen molar-refractivity contribution < 1.29 is 4.79 Å². The minimum atomic E-state index is 0.0749. The lowest BCUT2D eigenvalue weighted by atomic mass is 10.1. The van der Waals surface area contributed by atoms with Gasteiger partial charge in [-0.1, -0.05) is 13.0 Å². The molecule has 3 heterocycles. The summed E-state index contributed by atoms with van der Waals surface area (Å²) in [5.41, 5.74) is 5.34. The van der Waals surface area contributed by atoms with Crippen molar-refractivity contribution in [2.45, 2.75) is 20.3 Å². The molecule has 1 saturated heterocycles. The van der Waals surface area contributed by atoms with Crippen LogP contribution in [0.2, 0.25) is 0 Å². The van der Waals surface area contributed by atoms with Crippen LogP contribution in [0.15, 0.2) is 48.8 Å². The second kappa shape index (κ2) is 9.74. The average molecular weight is 432 g/mol. The molecule has 0 radical (unpaired) electrons. The number of benzene rings is 1. The molecule has 4 rings (SSSR count). The van der Waals surface area contributed by atoms with Crippen molar-refractivity contribution in [3.63, 3.8) is 0 Å². The molecule has 8 nitrogen and oxygen atoms in total. The molecule has 8 heteroatoms. The van der Waals surface area contributed by atoms with Crippen molar-refractivity contribution in [3.05, 3.63) is 60.1 Å². The molecule has 1 aromatic carbocycles. The molecule has 0 bridgehead atoms. The highest BCUT2D eigenvalue weighted by atomic mass is 16.2. The number of nitrogens with one attached hydrogen (secondary N) is 2. The quantitative estimate of drug-likeness (QED) is 0.617. The SMILES string of the molecule is CC/C=C(\C)c1[nH]ncc1-c1ccnc(Nc2ccc(C(=O)N3CCN(C)CC3)cc2)n1. The third-order valence-electron chi connectivity index (χ3n) is 5.65. The predicted molar refractivity (Wildman–Crippen MR) is 127 cm³/mol.